The van der Waals surface area contributed by atoms with Crippen molar-refractivity contribution < 1.29 is 27.1 Å². The molecule has 0 saturated carbocycles. The zero-order valence-electron chi connectivity index (χ0n) is 9.17. The van der Waals surface area contributed by atoms with Crippen LogP contribution in [-0.4, -0.2) is 10.1 Å². The molecule has 0 bridgehead atoms. The molecule has 1 N–H and O–H groups in total. The van der Waals surface area contributed by atoms with Crippen molar-refractivity contribution in [3.05, 3.63) is 64.7 Å². The zero-order chi connectivity index (χ0) is 14.2. The molecule has 0 amide bonds. The molecule has 0 aliphatic carbocycles. The molecule has 1 atom stereocenters. The second kappa shape index (κ2) is 4.93. The molecule has 2 rings (SSSR count). The Morgan fingerprint density at radius 3 is 1.68 bits per heavy atom. The first-order chi connectivity index (χ1) is 8.95. The monoisotopic (exact) mass is 275 g/mol. The van der Waals surface area contributed by atoms with Crippen LogP contribution in [0, 0.1) is 29.1 Å². The molecule has 0 fully saturated rings. The number of hydrogen-bond donors (Lipinski definition) is 1. The Morgan fingerprint density at radius 1 is 0.789 bits per heavy atom. The Kier molecular flexibility index (Phi) is 3.48. The van der Waals surface area contributed by atoms with E-state index in [1.807, 2.05) is 0 Å². The van der Waals surface area contributed by atoms with Crippen LogP contribution >= 0.6 is 0 Å². The average molecular weight is 275 g/mol. The Labute approximate surface area is 104 Å². The largest absolute Gasteiger partial charge is 0.383 e. The lowest BCUT2D eigenvalue weighted by atomic mass is 10.0. The molecule has 0 saturated heterocycles. The van der Waals surface area contributed by atoms with Gasteiger partial charge in [-0.15, -0.1) is 0 Å². The number of nitrogens with zero attached hydrogens (tertiary/aromatic N) is 1. The van der Waals surface area contributed by atoms with Crippen LogP contribution in [0.4, 0.5) is 22.0 Å². The summed E-state index contributed by atoms with van der Waals surface area (Å²) in [6.07, 6.45) is 0.447. The lowest BCUT2D eigenvalue weighted by molar-refractivity contribution is 0.202. The van der Waals surface area contributed by atoms with Crippen LogP contribution in [0.3, 0.4) is 0 Å². The van der Waals surface area contributed by atoms with Crippen molar-refractivity contribution in [1.82, 2.24) is 4.98 Å². The number of halogens is 5. The molecule has 1 aromatic carbocycles. The van der Waals surface area contributed by atoms with Gasteiger partial charge in [0.2, 0.25) is 5.82 Å². The van der Waals surface area contributed by atoms with Crippen molar-refractivity contribution >= 4 is 0 Å². The van der Waals surface area contributed by atoms with E-state index in [0.717, 1.165) is 0 Å². The number of aromatic nitrogens is 1. The Balaban J connectivity index is 2.64. The Bertz CT molecular complexity index is 588. The highest BCUT2D eigenvalue weighted by atomic mass is 19.2. The van der Waals surface area contributed by atoms with E-state index in [1.165, 1.54) is 24.5 Å². The third kappa shape index (κ3) is 2.17. The number of hydrogen-bond acceptors (Lipinski definition) is 2. The molecule has 19 heavy (non-hydrogen) atoms. The average Bonchev–Trinajstić information content (AvgIpc) is 2.44. The summed E-state index contributed by atoms with van der Waals surface area (Å²) in [4.78, 5) is 3.61. The number of pyridine rings is 1. The van der Waals surface area contributed by atoms with Crippen LogP contribution < -0.4 is 0 Å². The summed E-state index contributed by atoms with van der Waals surface area (Å²) in [6.45, 7) is 0. The van der Waals surface area contributed by atoms with Gasteiger partial charge in [0, 0.05) is 12.4 Å². The van der Waals surface area contributed by atoms with Crippen molar-refractivity contribution in [2.45, 2.75) is 6.10 Å². The van der Waals surface area contributed by atoms with Gasteiger partial charge < -0.3 is 5.11 Å². The van der Waals surface area contributed by atoms with Gasteiger partial charge in [-0.3, -0.25) is 4.98 Å². The molecular weight excluding hydrogens is 269 g/mol. The van der Waals surface area contributed by atoms with E-state index >= 15 is 0 Å². The fourth-order valence-electron chi connectivity index (χ4n) is 1.57. The lowest BCUT2D eigenvalue weighted by Gasteiger charge is -2.14. The summed E-state index contributed by atoms with van der Waals surface area (Å²) in [5, 5.41) is 9.73. The molecule has 0 aliphatic rings. The minimum atomic E-state index is -2.26. The van der Waals surface area contributed by atoms with Crippen LogP contribution in [0.2, 0.25) is 0 Å². The van der Waals surface area contributed by atoms with Crippen molar-refractivity contribution in [1.29, 1.82) is 0 Å². The van der Waals surface area contributed by atoms with E-state index in [-0.39, 0.29) is 5.56 Å². The van der Waals surface area contributed by atoms with Gasteiger partial charge in [0.05, 0.1) is 5.56 Å². The van der Waals surface area contributed by atoms with Crippen molar-refractivity contribution in [3.63, 3.8) is 0 Å². The SMILES string of the molecule is OC(c1ccncc1)c1c(F)c(F)c(F)c(F)c1F. The van der Waals surface area contributed by atoms with Gasteiger partial charge in [-0.2, -0.15) is 0 Å². The molecule has 1 heterocycles. The number of aliphatic hydroxyl groups is 1. The van der Waals surface area contributed by atoms with E-state index in [0.29, 0.717) is 0 Å². The zero-order valence-corrected chi connectivity index (χ0v) is 9.17. The van der Waals surface area contributed by atoms with Crippen LogP contribution in [0.15, 0.2) is 24.5 Å². The molecular formula is C12H6F5NO. The maximum absolute atomic E-state index is 13.4. The summed E-state index contributed by atoms with van der Waals surface area (Å²) in [6, 6.07) is 2.39. The van der Waals surface area contributed by atoms with Gasteiger partial charge >= 0.3 is 0 Å². The topological polar surface area (TPSA) is 33.1 Å². The number of aliphatic hydroxyl groups excluding tert-OH is 1. The van der Waals surface area contributed by atoms with Crippen molar-refractivity contribution in [2.75, 3.05) is 0 Å². The molecule has 1 aromatic heterocycles. The molecule has 0 spiro atoms. The molecule has 100 valence electrons. The van der Waals surface area contributed by atoms with Crippen molar-refractivity contribution in [2.24, 2.45) is 0 Å². The molecule has 0 radical (unpaired) electrons. The van der Waals surface area contributed by atoms with Crippen LogP contribution in [-0.2, 0) is 0 Å². The van der Waals surface area contributed by atoms with Gasteiger partial charge in [-0.25, -0.2) is 22.0 Å². The molecule has 2 aromatic rings. The fraction of sp³-hybridized carbons (Fsp3) is 0.0833. The van der Waals surface area contributed by atoms with E-state index in [4.69, 9.17) is 0 Å². The highest BCUT2D eigenvalue weighted by Crippen LogP contribution is 2.30. The highest BCUT2D eigenvalue weighted by Gasteiger charge is 2.30. The fourth-order valence-corrected chi connectivity index (χ4v) is 1.57. The Hall–Kier alpha value is -2.02. The number of benzene rings is 1. The van der Waals surface area contributed by atoms with E-state index < -0.39 is 40.8 Å². The lowest BCUT2D eigenvalue weighted by Crippen LogP contribution is -2.12. The molecule has 0 aliphatic heterocycles. The summed E-state index contributed by atoms with van der Waals surface area (Å²) in [5.74, 6) is -10.6. The second-order valence-corrected chi connectivity index (χ2v) is 3.67. The van der Waals surface area contributed by atoms with Gasteiger partial charge in [0.1, 0.15) is 6.10 Å². The minimum Gasteiger partial charge on any atom is -0.383 e. The third-order valence-corrected chi connectivity index (χ3v) is 2.54. The first kappa shape index (κ1) is 13.4. The first-order valence-electron chi connectivity index (χ1n) is 5.04. The van der Waals surface area contributed by atoms with Crippen molar-refractivity contribution in [3.8, 4) is 0 Å². The second-order valence-electron chi connectivity index (χ2n) is 3.67. The van der Waals surface area contributed by atoms with E-state index in [2.05, 4.69) is 4.98 Å². The highest BCUT2D eigenvalue weighted by molar-refractivity contribution is 5.32. The predicted molar refractivity (Wildman–Crippen MR) is 54.5 cm³/mol. The van der Waals surface area contributed by atoms with E-state index in [9.17, 15) is 27.1 Å². The van der Waals surface area contributed by atoms with Gasteiger partial charge in [-0.1, -0.05) is 0 Å². The summed E-state index contributed by atoms with van der Waals surface area (Å²) in [5.41, 5.74) is -1.33. The van der Waals surface area contributed by atoms with E-state index in [1.54, 1.807) is 0 Å². The Morgan fingerprint density at radius 2 is 1.21 bits per heavy atom. The maximum Gasteiger partial charge on any atom is 0.200 e. The number of rotatable bonds is 2. The van der Waals surface area contributed by atoms with Gasteiger partial charge in [0.15, 0.2) is 23.3 Å². The maximum atomic E-state index is 13.4. The first-order valence-corrected chi connectivity index (χ1v) is 5.04. The molecule has 7 heteroatoms. The summed E-state index contributed by atoms with van der Waals surface area (Å²) >= 11 is 0. The van der Waals surface area contributed by atoms with Crippen LogP contribution in [0.1, 0.15) is 17.2 Å². The molecule has 2 nitrogen and oxygen atoms in total. The predicted octanol–water partition coefficient (Wildman–Crippen LogP) is 2.86. The van der Waals surface area contributed by atoms with Crippen LogP contribution in [0.25, 0.3) is 0 Å². The van der Waals surface area contributed by atoms with Gasteiger partial charge in [0.25, 0.3) is 0 Å². The summed E-state index contributed by atoms with van der Waals surface area (Å²) in [7, 11) is 0. The third-order valence-electron chi connectivity index (χ3n) is 2.54. The molecule has 1 unspecified atom stereocenters. The quantitative estimate of drug-likeness (QED) is 0.519. The smallest absolute Gasteiger partial charge is 0.200 e. The van der Waals surface area contributed by atoms with Crippen LogP contribution in [0.5, 0.6) is 0 Å². The van der Waals surface area contributed by atoms with Gasteiger partial charge in [-0.05, 0) is 17.7 Å². The normalized spacial score (nSPS) is 12.5. The minimum absolute atomic E-state index is 0.0433. The standard InChI is InChI=1S/C12H6F5NO/c13-7-6(8(14)10(16)11(17)9(7)15)12(19)5-1-3-18-4-2-5/h1-4,12,19H. The summed E-state index contributed by atoms with van der Waals surface area (Å²) < 4.78 is 65.7.